The number of nitrogens with one attached hydrogen (secondary N) is 2. The molecule has 0 spiro atoms. The van der Waals surface area contributed by atoms with Crippen LogP contribution in [-0.2, 0) is 4.74 Å². The molecule has 0 aliphatic carbocycles. The average Bonchev–Trinajstić information content (AvgIpc) is 2.68. The van der Waals surface area contributed by atoms with E-state index in [0.29, 0.717) is 17.8 Å². The lowest BCUT2D eigenvalue weighted by molar-refractivity contribution is 0.105. The zero-order chi connectivity index (χ0) is 14.0. The Bertz CT molecular complexity index is 452. The molecule has 0 saturated carbocycles. The molecule has 7 heteroatoms. The van der Waals surface area contributed by atoms with Gasteiger partial charge in [0.05, 0.1) is 11.6 Å². The Kier molecular flexibility index (Phi) is 3.75. The molecule has 1 fully saturated rings. The fourth-order valence-corrected chi connectivity index (χ4v) is 1.99. The Balaban J connectivity index is 2.26. The first-order valence-electron chi connectivity index (χ1n) is 6.45. The molecule has 0 amide bonds. The normalized spacial score (nSPS) is 26.3. The maximum atomic E-state index is 5.62. The zero-order valence-corrected chi connectivity index (χ0v) is 12.2. The largest absolute Gasteiger partial charge is 0.376 e. The van der Waals surface area contributed by atoms with Crippen molar-refractivity contribution in [3.63, 3.8) is 0 Å². The number of hydrogen-bond donors (Lipinski definition) is 2. The van der Waals surface area contributed by atoms with E-state index < -0.39 is 0 Å². The lowest BCUT2D eigenvalue weighted by atomic mass is 9.95. The Labute approximate surface area is 113 Å². The summed E-state index contributed by atoms with van der Waals surface area (Å²) >= 11 is 0. The Morgan fingerprint density at radius 1 is 1.26 bits per heavy atom. The van der Waals surface area contributed by atoms with Crippen molar-refractivity contribution in [1.29, 1.82) is 0 Å². The second kappa shape index (κ2) is 5.16. The molecule has 2 rings (SSSR count). The van der Waals surface area contributed by atoms with E-state index in [4.69, 9.17) is 4.74 Å². The van der Waals surface area contributed by atoms with E-state index in [1.54, 1.807) is 7.05 Å². The number of ether oxygens (including phenoxy) is 1. The van der Waals surface area contributed by atoms with Crippen LogP contribution in [0.15, 0.2) is 0 Å². The Morgan fingerprint density at radius 3 is 2.47 bits per heavy atom. The molecule has 7 nitrogen and oxygen atoms in total. The highest BCUT2D eigenvalue weighted by Crippen LogP contribution is 2.28. The Morgan fingerprint density at radius 2 is 1.95 bits per heavy atom. The average molecular weight is 266 g/mol. The van der Waals surface area contributed by atoms with Crippen LogP contribution in [0.4, 0.5) is 17.8 Å². The van der Waals surface area contributed by atoms with Gasteiger partial charge in [0.25, 0.3) is 0 Å². The summed E-state index contributed by atoms with van der Waals surface area (Å²) in [6.07, 6.45) is 1.07. The van der Waals surface area contributed by atoms with E-state index >= 15 is 0 Å². The van der Waals surface area contributed by atoms with Gasteiger partial charge in [0, 0.05) is 27.7 Å². The summed E-state index contributed by atoms with van der Waals surface area (Å²) < 4.78 is 5.62. The molecular formula is C12H22N6O. The lowest BCUT2D eigenvalue weighted by Crippen LogP contribution is -2.42. The van der Waals surface area contributed by atoms with E-state index in [9.17, 15) is 0 Å². The summed E-state index contributed by atoms with van der Waals surface area (Å²) in [6.45, 7) is 4.95. The molecule has 2 unspecified atom stereocenters. The van der Waals surface area contributed by atoms with Gasteiger partial charge in [0.15, 0.2) is 0 Å². The van der Waals surface area contributed by atoms with Crippen molar-refractivity contribution in [1.82, 2.24) is 15.0 Å². The molecule has 2 N–H and O–H groups in total. The monoisotopic (exact) mass is 266 g/mol. The van der Waals surface area contributed by atoms with Gasteiger partial charge in [0.2, 0.25) is 17.8 Å². The van der Waals surface area contributed by atoms with Gasteiger partial charge in [0.1, 0.15) is 0 Å². The molecule has 0 aromatic carbocycles. The molecule has 0 radical (unpaired) electrons. The van der Waals surface area contributed by atoms with Crippen LogP contribution in [0.1, 0.15) is 20.3 Å². The van der Waals surface area contributed by atoms with Crippen LogP contribution < -0.4 is 15.5 Å². The topological polar surface area (TPSA) is 75.2 Å². The predicted molar refractivity (Wildman–Crippen MR) is 75.8 cm³/mol. The minimum absolute atomic E-state index is 0.130. The summed E-state index contributed by atoms with van der Waals surface area (Å²) in [5.74, 6) is 1.75. The second-order valence-electron chi connectivity index (χ2n) is 5.23. The third-order valence-corrected chi connectivity index (χ3v) is 3.53. The van der Waals surface area contributed by atoms with Gasteiger partial charge in [-0.05, 0) is 20.3 Å². The fourth-order valence-electron chi connectivity index (χ4n) is 1.99. The molecule has 1 aromatic rings. The third kappa shape index (κ3) is 2.86. The molecule has 1 aromatic heterocycles. The van der Waals surface area contributed by atoms with Crippen LogP contribution in [0.25, 0.3) is 0 Å². The summed E-state index contributed by atoms with van der Waals surface area (Å²) in [6, 6.07) is 0. The van der Waals surface area contributed by atoms with Crippen molar-refractivity contribution in [3.8, 4) is 0 Å². The molecular weight excluding hydrogens is 244 g/mol. The van der Waals surface area contributed by atoms with E-state index in [1.165, 1.54) is 0 Å². The highest BCUT2D eigenvalue weighted by Gasteiger charge is 2.37. The van der Waals surface area contributed by atoms with Crippen molar-refractivity contribution in [2.75, 3.05) is 43.3 Å². The predicted octanol–water partition coefficient (Wildman–Crippen LogP) is 0.959. The summed E-state index contributed by atoms with van der Waals surface area (Å²) in [5, 5.41) is 6.33. The molecule has 2 atom stereocenters. The minimum Gasteiger partial charge on any atom is -0.376 e. The number of rotatable bonds is 4. The summed E-state index contributed by atoms with van der Waals surface area (Å²) in [7, 11) is 5.60. The van der Waals surface area contributed by atoms with Crippen LogP contribution in [0.5, 0.6) is 0 Å². The first-order valence-corrected chi connectivity index (χ1v) is 6.45. The first-order chi connectivity index (χ1) is 8.94. The van der Waals surface area contributed by atoms with Gasteiger partial charge in [-0.25, -0.2) is 0 Å². The van der Waals surface area contributed by atoms with Crippen molar-refractivity contribution in [2.45, 2.75) is 31.9 Å². The van der Waals surface area contributed by atoms with E-state index in [-0.39, 0.29) is 11.6 Å². The Hall–Kier alpha value is -1.63. The fraction of sp³-hybridized carbons (Fsp3) is 0.750. The molecule has 1 saturated heterocycles. The molecule has 2 heterocycles. The molecule has 0 bridgehead atoms. The van der Waals surface area contributed by atoms with Crippen LogP contribution in [0, 0.1) is 0 Å². The van der Waals surface area contributed by atoms with Crippen molar-refractivity contribution >= 4 is 17.8 Å². The van der Waals surface area contributed by atoms with Gasteiger partial charge in [-0.1, -0.05) is 0 Å². The number of aromatic nitrogens is 3. The minimum atomic E-state index is -0.143. The molecule has 19 heavy (non-hydrogen) atoms. The van der Waals surface area contributed by atoms with E-state index in [0.717, 1.165) is 13.0 Å². The van der Waals surface area contributed by atoms with Gasteiger partial charge >= 0.3 is 0 Å². The van der Waals surface area contributed by atoms with Gasteiger partial charge in [-0.2, -0.15) is 15.0 Å². The quantitative estimate of drug-likeness (QED) is 0.840. The number of anilines is 3. The second-order valence-corrected chi connectivity index (χ2v) is 5.23. The van der Waals surface area contributed by atoms with Crippen molar-refractivity contribution in [3.05, 3.63) is 0 Å². The van der Waals surface area contributed by atoms with Crippen molar-refractivity contribution < 1.29 is 4.74 Å². The van der Waals surface area contributed by atoms with Crippen LogP contribution in [0.3, 0.4) is 0 Å². The van der Waals surface area contributed by atoms with Crippen LogP contribution >= 0.6 is 0 Å². The van der Waals surface area contributed by atoms with E-state index in [1.807, 2.05) is 19.0 Å². The highest BCUT2D eigenvalue weighted by molar-refractivity contribution is 5.44. The van der Waals surface area contributed by atoms with Gasteiger partial charge < -0.3 is 20.3 Å². The summed E-state index contributed by atoms with van der Waals surface area (Å²) in [4.78, 5) is 14.9. The maximum absolute atomic E-state index is 5.62. The number of nitrogens with zero attached hydrogens (tertiary/aromatic N) is 4. The van der Waals surface area contributed by atoms with Gasteiger partial charge in [-0.3, -0.25) is 0 Å². The third-order valence-electron chi connectivity index (χ3n) is 3.53. The first kappa shape index (κ1) is 13.8. The maximum Gasteiger partial charge on any atom is 0.231 e. The molecule has 1 aliphatic rings. The standard InChI is InChI=1S/C12H22N6O/c1-8-12(2,6-7-19-8)17-10-14-9(13-3)15-11(16-10)18(4)5/h8H,6-7H2,1-5H3,(H2,13,14,15,16,17). The SMILES string of the molecule is CNc1nc(NC2(C)CCOC2C)nc(N(C)C)n1. The lowest BCUT2D eigenvalue weighted by Gasteiger charge is -2.29. The van der Waals surface area contributed by atoms with Crippen LogP contribution in [0.2, 0.25) is 0 Å². The molecule has 106 valence electrons. The zero-order valence-electron chi connectivity index (χ0n) is 12.2. The number of hydrogen-bond acceptors (Lipinski definition) is 7. The highest BCUT2D eigenvalue weighted by atomic mass is 16.5. The van der Waals surface area contributed by atoms with Crippen molar-refractivity contribution in [2.24, 2.45) is 0 Å². The summed E-state index contributed by atoms with van der Waals surface area (Å²) in [5.41, 5.74) is -0.143. The molecule has 1 aliphatic heterocycles. The van der Waals surface area contributed by atoms with E-state index in [2.05, 4.69) is 39.4 Å². The van der Waals surface area contributed by atoms with Gasteiger partial charge in [-0.15, -0.1) is 0 Å². The van der Waals surface area contributed by atoms with Crippen LogP contribution in [-0.4, -0.2) is 54.3 Å². The smallest absolute Gasteiger partial charge is 0.231 e.